The minimum absolute atomic E-state index is 0.101. The van der Waals surface area contributed by atoms with Gasteiger partial charge in [0.15, 0.2) is 5.78 Å². The fourth-order valence-corrected chi connectivity index (χ4v) is 8.29. The molecule has 4 aliphatic carbocycles. The van der Waals surface area contributed by atoms with Crippen LogP contribution in [0.2, 0.25) is 0 Å². The number of nitrogens with zero attached hydrogens (tertiary/aromatic N) is 1. The fraction of sp³-hybridized carbons (Fsp3) is 0.633. The second-order valence-corrected chi connectivity index (χ2v) is 11.7. The summed E-state index contributed by atoms with van der Waals surface area (Å²) in [6, 6.07) is 9.17. The van der Waals surface area contributed by atoms with Gasteiger partial charge in [-0.15, -0.1) is 0 Å². The van der Waals surface area contributed by atoms with E-state index in [9.17, 15) is 9.90 Å². The van der Waals surface area contributed by atoms with Crippen molar-refractivity contribution in [3.8, 4) is 0 Å². The molecule has 1 N–H and O–H groups in total. The van der Waals surface area contributed by atoms with Crippen molar-refractivity contribution in [2.75, 3.05) is 19.0 Å². The van der Waals surface area contributed by atoms with Crippen LogP contribution in [-0.2, 0) is 4.79 Å². The minimum atomic E-state index is -0.709. The number of allylic oxidation sites excluding steroid dienone is 2. The van der Waals surface area contributed by atoms with E-state index in [0.29, 0.717) is 41.8 Å². The topological polar surface area (TPSA) is 40.5 Å². The highest BCUT2D eigenvalue weighted by Crippen LogP contribution is 2.68. The van der Waals surface area contributed by atoms with Gasteiger partial charge in [0.25, 0.3) is 0 Å². The second-order valence-electron chi connectivity index (χ2n) is 11.7. The van der Waals surface area contributed by atoms with Crippen molar-refractivity contribution in [1.29, 1.82) is 0 Å². The van der Waals surface area contributed by atoms with E-state index >= 15 is 0 Å². The summed E-state index contributed by atoms with van der Waals surface area (Å²) >= 11 is 0. The highest BCUT2D eigenvalue weighted by atomic mass is 16.3. The van der Waals surface area contributed by atoms with E-state index in [1.54, 1.807) is 0 Å². The zero-order valence-corrected chi connectivity index (χ0v) is 20.9. The molecular weight excluding hydrogens is 406 g/mol. The lowest BCUT2D eigenvalue weighted by Crippen LogP contribution is -2.54. The van der Waals surface area contributed by atoms with Crippen molar-refractivity contribution in [3.05, 3.63) is 53.6 Å². The molecule has 7 atom stereocenters. The maximum absolute atomic E-state index is 12.2. The summed E-state index contributed by atoms with van der Waals surface area (Å²) in [5.41, 5.74) is 3.26. The Hall–Kier alpha value is -1.87. The summed E-state index contributed by atoms with van der Waals surface area (Å²) in [7, 11) is 4.18. The van der Waals surface area contributed by atoms with Crippen LogP contribution < -0.4 is 4.90 Å². The Morgan fingerprint density at radius 1 is 1.09 bits per heavy atom. The van der Waals surface area contributed by atoms with Crippen LogP contribution in [0.25, 0.3) is 0 Å². The molecule has 5 rings (SSSR count). The van der Waals surface area contributed by atoms with Gasteiger partial charge in [0.05, 0.1) is 5.60 Å². The lowest BCUT2D eigenvalue weighted by atomic mass is 9.46. The first-order valence-electron chi connectivity index (χ1n) is 13.2. The number of carbonyl (C=O) groups excluding carboxylic acids is 1. The SMILES string of the molecule is CC/C=C\[C@]1(O)CCC2C3CCC4=CC(=O)CC[C@@H]4C3[C@@H](c3ccc(N(C)C)cc3)C[C@@]21C. The number of hydrogen-bond acceptors (Lipinski definition) is 3. The van der Waals surface area contributed by atoms with Crippen molar-refractivity contribution >= 4 is 11.5 Å². The van der Waals surface area contributed by atoms with Crippen LogP contribution in [0.1, 0.15) is 76.7 Å². The molecular formula is C30H41NO2. The van der Waals surface area contributed by atoms with Gasteiger partial charge in [0.1, 0.15) is 0 Å². The molecule has 1 aromatic carbocycles. The number of aliphatic hydroxyl groups is 1. The lowest BCUT2D eigenvalue weighted by molar-refractivity contribution is -0.117. The Bertz CT molecular complexity index is 960. The molecule has 3 saturated carbocycles. The van der Waals surface area contributed by atoms with E-state index in [0.717, 1.165) is 38.5 Å². The lowest BCUT2D eigenvalue weighted by Gasteiger charge is -2.58. The Balaban J connectivity index is 1.59. The summed E-state index contributed by atoms with van der Waals surface area (Å²) in [5, 5.41) is 12.0. The monoisotopic (exact) mass is 447 g/mol. The number of rotatable bonds is 4. The van der Waals surface area contributed by atoms with E-state index in [2.05, 4.69) is 69.3 Å². The van der Waals surface area contributed by atoms with Crippen LogP contribution in [0.5, 0.6) is 0 Å². The first-order chi connectivity index (χ1) is 15.8. The van der Waals surface area contributed by atoms with E-state index in [1.165, 1.54) is 23.2 Å². The fourth-order valence-electron chi connectivity index (χ4n) is 8.29. The Morgan fingerprint density at radius 2 is 1.85 bits per heavy atom. The number of ketones is 1. The molecule has 3 nitrogen and oxygen atoms in total. The van der Waals surface area contributed by atoms with Crippen LogP contribution in [0.3, 0.4) is 0 Å². The van der Waals surface area contributed by atoms with Gasteiger partial charge in [-0.1, -0.05) is 43.7 Å². The van der Waals surface area contributed by atoms with Crippen molar-refractivity contribution in [1.82, 2.24) is 0 Å². The molecule has 0 saturated heterocycles. The molecule has 0 radical (unpaired) electrons. The predicted molar refractivity (Wildman–Crippen MR) is 135 cm³/mol. The van der Waals surface area contributed by atoms with Gasteiger partial charge in [0, 0.05) is 31.6 Å². The molecule has 178 valence electrons. The predicted octanol–water partition coefficient (Wildman–Crippen LogP) is 6.29. The molecule has 3 heteroatoms. The largest absolute Gasteiger partial charge is 0.385 e. The third-order valence-electron chi connectivity index (χ3n) is 9.99. The summed E-state index contributed by atoms with van der Waals surface area (Å²) < 4.78 is 0. The molecule has 1 aromatic rings. The Morgan fingerprint density at radius 3 is 2.55 bits per heavy atom. The van der Waals surface area contributed by atoms with Crippen LogP contribution in [0.4, 0.5) is 5.69 Å². The number of carbonyl (C=O) groups is 1. The molecule has 4 aliphatic rings. The molecule has 0 amide bonds. The summed E-state index contributed by atoms with van der Waals surface area (Å²) in [6.45, 7) is 4.54. The zero-order chi connectivity index (χ0) is 23.4. The van der Waals surface area contributed by atoms with Gasteiger partial charge in [-0.2, -0.15) is 0 Å². The zero-order valence-electron chi connectivity index (χ0n) is 20.9. The van der Waals surface area contributed by atoms with Crippen LogP contribution in [0.15, 0.2) is 48.1 Å². The molecule has 0 aliphatic heterocycles. The molecule has 0 heterocycles. The van der Waals surface area contributed by atoms with Gasteiger partial charge in [-0.25, -0.2) is 0 Å². The molecule has 3 fully saturated rings. The smallest absolute Gasteiger partial charge is 0.155 e. The van der Waals surface area contributed by atoms with Crippen LogP contribution in [0, 0.1) is 29.1 Å². The van der Waals surface area contributed by atoms with Crippen LogP contribution >= 0.6 is 0 Å². The quantitative estimate of drug-likeness (QED) is 0.552. The molecule has 0 aromatic heterocycles. The Labute approximate surface area is 200 Å². The molecule has 0 spiro atoms. The number of benzene rings is 1. The van der Waals surface area contributed by atoms with E-state index in [1.807, 2.05) is 6.08 Å². The van der Waals surface area contributed by atoms with Crippen molar-refractivity contribution < 1.29 is 9.90 Å². The van der Waals surface area contributed by atoms with Gasteiger partial charge in [-0.05, 0) is 98.3 Å². The maximum Gasteiger partial charge on any atom is 0.155 e. The number of hydrogen-bond donors (Lipinski definition) is 1. The normalized spacial score (nSPS) is 40.2. The van der Waals surface area contributed by atoms with E-state index < -0.39 is 5.60 Å². The number of anilines is 1. The van der Waals surface area contributed by atoms with E-state index in [-0.39, 0.29) is 5.41 Å². The first-order valence-corrected chi connectivity index (χ1v) is 13.2. The van der Waals surface area contributed by atoms with Gasteiger partial charge in [-0.3, -0.25) is 4.79 Å². The highest BCUT2D eigenvalue weighted by molar-refractivity contribution is 5.91. The first kappa shape index (κ1) is 22.9. The van der Waals surface area contributed by atoms with Gasteiger partial charge >= 0.3 is 0 Å². The third-order valence-corrected chi connectivity index (χ3v) is 9.99. The molecule has 33 heavy (non-hydrogen) atoms. The average molecular weight is 448 g/mol. The highest BCUT2D eigenvalue weighted by Gasteiger charge is 2.63. The Kier molecular flexibility index (Phi) is 5.84. The maximum atomic E-state index is 12.2. The summed E-state index contributed by atoms with van der Waals surface area (Å²) in [6.07, 6.45) is 14.3. The van der Waals surface area contributed by atoms with Crippen molar-refractivity contribution in [2.45, 2.75) is 76.7 Å². The van der Waals surface area contributed by atoms with Gasteiger partial charge in [0.2, 0.25) is 0 Å². The van der Waals surface area contributed by atoms with Crippen molar-refractivity contribution in [3.63, 3.8) is 0 Å². The summed E-state index contributed by atoms with van der Waals surface area (Å²) in [4.78, 5) is 14.4. The van der Waals surface area contributed by atoms with Crippen LogP contribution in [-0.4, -0.2) is 30.6 Å². The molecule has 0 bridgehead atoms. The number of fused-ring (bicyclic) bond motifs is 5. The standard InChI is InChI=1S/C30H41NO2/c1-5-6-16-30(33)17-15-27-25-13-9-21-18-23(32)12-14-24(21)28(25)26(19-29(27,30)2)20-7-10-22(11-8-20)31(3)4/h6-8,10-11,16,18,24-28,33H,5,9,12-15,17,19H2,1-4H3/b16-6-/t24-,25?,26+,27?,28?,29-,30-/m0/s1. The van der Waals surface area contributed by atoms with Gasteiger partial charge < -0.3 is 10.0 Å². The molecule has 3 unspecified atom stereocenters. The minimum Gasteiger partial charge on any atom is -0.385 e. The summed E-state index contributed by atoms with van der Waals surface area (Å²) in [5.74, 6) is 3.05. The van der Waals surface area contributed by atoms with Crippen molar-refractivity contribution in [2.24, 2.45) is 29.1 Å². The second kappa shape index (κ2) is 8.41. The average Bonchev–Trinajstić information content (AvgIpc) is 3.07. The van der Waals surface area contributed by atoms with E-state index in [4.69, 9.17) is 0 Å². The third kappa shape index (κ3) is 3.62.